The van der Waals surface area contributed by atoms with Gasteiger partial charge in [-0.05, 0) is 43.7 Å². The molecule has 172 valence electrons. The predicted octanol–water partition coefficient (Wildman–Crippen LogP) is 3.13. The molecule has 0 spiro atoms. The number of aromatic nitrogens is 2. The molecule has 1 unspecified atom stereocenters. The Labute approximate surface area is 193 Å². The van der Waals surface area contributed by atoms with Crippen LogP contribution in [0, 0.1) is 6.57 Å². The van der Waals surface area contributed by atoms with Crippen molar-refractivity contribution in [1.82, 2.24) is 14.5 Å². The van der Waals surface area contributed by atoms with E-state index < -0.39 is 0 Å². The van der Waals surface area contributed by atoms with Gasteiger partial charge in [0.25, 0.3) is 11.4 Å². The monoisotopic (exact) mass is 447 g/mol. The lowest BCUT2D eigenvalue weighted by Crippen LogP contribution is -2.59. The topological polar surface area (TPSA) is 75.2 Å². The standard InChI is InChI=1S/C25H29N5O3/c1-16-13-30(22-12-24(32)28(4)21-10-11-23(26-3)27-25(21)22)19(15-31)14-29(16)17(2)18-6-8-20(33-5)9-7-18/h6-12,16-17,19,31H,13-15H2,1-2,4-5H3/t16-,17?,19-/m1/s1. The number of aliphatic hydroxyl groups is 1. The molecule has 3 heterocycles. The first-order chi connectivity index (χ1) is 15.9. The first-order valence-corrected chi connectivity index (χ1v) is 11.0. The average Bonchev–Trinajstić information content (AvgIpc) is 2.85. The molecule has 3 aromatic rings. The number of anilines is 1. The van der Waals surface area contributed by atoms with E-state index in [9.17, 15) is 9.90 Å². The number of aryl methyl sites for hydroxylation is 1. The molecule has 2 aromatic heterocycles. The van der Waals surface area contributed by atoms with Gasteiger partial charge in [-0.15, -0.1) is 4.98 Å². The zero-order chi connectivity index (χ0) is 23.7. The summed E-state index contributed by atoms with van der Waals surface area (Å²) in [6.07, 6.45) is 0. The Kier molecular flexibility index (Phi) is 6.36. The molecule has 1 aliphatic rings. The van der Waals surface area contributed by atoms with Gasteiger partial charge in [0.15, 0.2) is 0 Å². The molecule has 0 bridgehead atoms. The van der Waals surface area contributed by atoms with Crippen LogP contribution in [0.2, 0.25) is 0 Å². The first-order valence-electron chi connectivity index (χ1n) is 11.0. The highest BCUT2D eigenvalue weighted by Gasteiger charge is 2.36. The summed E-state index contributed by atoms with van der Waals surface area (Å²) in [5, 5.41) is 10.3. The summed E-state index contributed by atoms with van der Waals surface area (Å²) in [4.78, 5) is 25.1. The normalized spacial score (nSPS) is 19.9. The third-order valence-electron chi connectivity index (χ3n) is 6.67. The molecule has 3 atom stereocenters. The Hall–Kier alpha value is -3.41. The highest BCUT2D eigenvalue weighted by molar-refractivity contribution is 5.89. The minimum absolute atomic E-state index is 0.0578. The van der Waals surface area contributed by atoms with Gasteiger partial charge in [0.05, 0.1) is 31.0 Å². The maximum atomic E-state index is 12.7. The van der Waals surface area contributed by atoms with E-state index in [2.05, 4.69) is 45.6 Å². The van der Waals surface area contributed by atoms with Crippen LogP contribution in [-0.2, 0) is 7.05 Å². The van der Waals surface area contributed by atoms with E-state index in [1.807, 2.05) is 12.1 Å². The highest BCUT2D eigenvalue weighted by atomic mass is 16.5. The molecule has 1 N–H and O–H groups in total. The van der Waals surface area contributed by atoms with E-state index >= 15 is 0 Å². The second-order valence-electron chi connectivity index (χ2n) is 8.56. The van der Waals surface area contributed by atoms with Crippen molar-refractivity contribution in [3.05, 3.63) is 69.8 Å². The average molecular weight is 448 g/mol. The quantitative estimate of drug-likeness (QED) is 0.606. The number of methoxy groups -OCH3 is 1. The number of ether oxygens (including phenoxy) is 1. The summed E-state index contributed by atoms with van der Waals surface area (Å²) in [5.74, 6) is 1.10. The second-order valence-corrected chi connectivity index (χ2v) is 8.56. The molecule has 1 aromatic carbocycles. The summed E-state index contributed by atoms with van der Waals surface area (Å²) in [5.41, 5.74) is 2.97. The number of pyridine rings is 2. The SMILES string of the molecule is [C-]#[N+]c1ccc2c(n1)c(N1C[C@@H](C)N(C(C)c3ccc(OC)cc3)C[C@@H]1CO)cc(=O)n2C. The smallest absolute Gasteiger partial charge is 0.270 e. The predicted molar refractivity (Wildman–Crippen MR) is 129 cm³/mol. The van der Waals surface area contributed by atoms with Gasteiger partial charge in [-0.1, -0.05) is 18.7 Å². The van der Waals surface area contributed by atoms with Crippen molar-refractivity contribution in [2.24, 2.45) is 7.05 Å². The third kappa shape index (κ3) is 4.17. The fourth-order valence-electron chi connectivity index (χ4n) is 4.71. The van der Waals surface area contributed by atoms with Gasteiger partial charge in [-0.3, -0.25) is 9.69 Å². The fourth-order valence-corrected chi connectivity index (χ4v) is 4.71. The Morgan fingerprint density at radius 1 is 1.24 bits per heavy atom. The van der Waals surface area contributed by atoms with Crippen LogP contribution in [0.3, 0.4) is 0 Å². The van der Waals surface area contributed by atoms with Gasteiger partial charge in [0, 0.05) is 38.3 Å². The lowest BCUT2D eigenvalue weighted by atomic mass is 9.99. The van der Waals surface area contributed by atoms with Crippen molar-refractivity contribution >= 4 is 22.5 Å². The number of nitrogens with zero attached hydrogens (tertiary/aromatic N) is 5. The van der Waals surface area contributed by atoms with Gasteiger partial charge >= 0.3 is 0 Å². The van der Waals surface area contributed by atoms with Crippen molar-refractivity contribution in [3.63, 3.8) is 0 Å². The largest absolute Gasteiger partial charge is 0.497 e. The molecular weight excluding hydrogens is 418 g/mol. The maximum absolute atomic E-state index is 12.7. The highest BCUT2D eigenvalue weighted by Crippen LogP contribution is 2.33. The molecule has 0 amide bonds. The molecule has 1 saturated heterocycles. The molecule has 8 heteroatoms. The number of fused-ring (bicyclic) bond motifs is 1. The minimum atomic E-state index is -0.212. The van der Waals surface area contributed by atoms with Crippen LogP contribution < -0.4 is 15.2 Å². The van der Waals surface area contributed by atoms with Crippen LogP contribution in [0.4, 0.5) is 11.5 Å². The number of hydrogen-bond donors (Lipinski definition) is 1. The van der Waals surface area contributed by atoms with E-state index in [1.54, 1.807) is 36.9 Å². The van der Waals surface area contributed by atoms with Crippen molar-refractivity contribution in [2.75, 3.05) is 31.7 Å². The van der Waals surface area contributed by atoms with E-state index in [-0.39, 0.29) is 36.1 Å². The number of benzene rings is 1. The summed E-state index contributed by atoms with van der Waals surface area (Å²) in [7, 11) is 3.36. The summed E-state index contributed by atoms with van der Waals surface area (Å²) in [6.45, 7) is 12.9. The molecule has 33 heavy (non-hydrogen) atoms. The molecule has 1 aliphatic heterocycles. The lowest BCUT2D eigenvalue weighted by molar-refractivity contribution is 0.0945. The number of aliphatic hydroxyl groups excluding tert-OH is 1. The van der Waals surface area contributed by atoms with E-state index in [4.69, 9.17) is 11.3 Å². The van der Waals surface area contributed by atoms with Crippen molar-refractivity contribution in [2.45, 2.75) is 32.0 Å². The van der Waals surface area contributed by atoms with E-state index in [0.717, 1.165) is 5.75 Å². The van der Waals surface area contributed by atoms with Crippen LogP contribution in [-0.4, -0.2) is 58.4 Å². The summed E-state index contributed by atoms with van der Waals surface area (Å²) < 4.78 is 6.82. The van der Waals surface area contributed by atoms with Crippen molar-refractivity contribution in [1.29, 1.82) is 0 Å². The van der Waals surface area contributed by atoms with Gasteiger partial charge in [-0.25, -0.2) is 0 Å². The Bertz CT molecular complexity index is 1250. The van der Waals surface area contributed by atoms with Crippen molar-refractivity contribution < 1.29 is 9.84 Å². The zero-order valence-electron chi connectivity index (χ0n) is 19.4. The molecule has 0 radical (unpaired) electrons. The molecule has 0 aliphatic carbocycles. The van der Waals surface area contributed by atoms with Gasteiger partial charge in [0.2, 0.25) is 5.52 Å². The molecule has 4 rings (SSSR count). The van der Waals surface area contributed by atoms with Gasteiger partial charge in [-0.2, -0.15) is 0 Å². The molecule has 0 saturated carbocycles. The van der Waals surface area contributed by atoms with E-state index in [0.29, 0.717) is 29.8 Å². The molecule has 1 fully saturated rings. The van der Waals surface area contributed by atoms with Gasteiger partial charge in [0.1, 0.15) is 5.75 Å². The van der Waals surface area contributed by atoms with Crippen LogP contribution >= 0.6 is 0 Å². The van der Waals surface area contributed by atoms with Crippen LogP contribution in [0.25, 0.3) is 15.9 Å². The Balaban J connectivity index is 1.70. The Morgan fingerprint density at radius 3 is 2.61 bits per heavy atom. The summed E-state index contributed by atoms with van der Waals surface area (Å²) in [6, 6.07) is 13.1. The summed E-state index contributed by atoms with van der Waals surface area (Å²) >= 11 is 0. The van der Waals surface area contributed by atoms with Crippen LogP contribution in [0.1, 0.15) is 25.5 Å². The first kappa shape index (κ1) is 22.8. The third-order valence-corrected chi connectivity index (χ3v) is 6.67. The number of piperazine rings is 1. The van der Waals surface area contributed by atoms with Crippen molar-refractivity contribution in [3.8, 4) is 5.75 Å². The molecule has 8 nitrogen and oxygen atoms in total. The lowest BCUT2D eigenvalue weighted by Gasteiger charge is -2.48. The number of rotatable bonds is 5. The second kappa shape index (κ2) is 9.22. The Morgan fingerprint density at radius 2 is 1.97 bits per heavy atom. The van der Waals surface area contributed by atoms with Crippen LogP contribution in [0.5, 0.6) is 5.75 Å². The van der Waals surface area contributed by atoms with Crippen LogP contribution in [0.15, 0.2) is 47.3 Å². The van der Waals surface area contributed by atoms with E-state index in [1.165, 1.54) is 5.56 Å². The minimum Gasteiger partial charge on any atom is -0.497 e. The fraction of sp³-hybridized carbons (Fsp3) is 0.400. The molecular formula is C25H29N5O3. The van der Waals surface area contributed by atoms with Gasteiger partial charge < -0.3 is 24.2 Å². The maximum Gasteiger partial charge on any atom is 0.270 e. The number of hydrogen-bond acceptors (Lipinski definition) is 6. The zero-order valence-corrected chi connectivity index (χ0v) is 19.4.